The molecule has 0 aromatic heterocycles. The summed E-state index contributed by atoms with van der Waals surface area (Å²) in [6, 6.07) is 5.09. The summed E-state index contributed by atoms with van der Waals surface area (Å²) in [5.41, 5.74) is -0.320. The van der Waals surface area contributed by atoms with E-state index in [1.165, 1.54) is 24.3 Å². The van der Waals surface area contributed by atoms with Crippen LogP contribution in [0, 0.1) is 20.2 Å². The number of nitrogens with zero attached hydrogens (tertiary/aromatic N) is 2. The van der Waals surface area contributed by atoms with Crippen molar-refractivity contribution in [1.29, 1.82) is 0 Å². The van der Waals surface area contributed by atoms with Crippen LogP contribution in [-0.4, -0.2) is 92.2 Å². The molecule has 1 rings (SSSR count). The number of unbranched alkanes of at least 4 members (excludes halogenated alkanes) is 1. The zero-order chi connectivity index (χ0) is 30.6. The molecule has 224 valence electrons. The van der Waals surface area contributed by atoms with Crippen LogP contribution < -0.4 is 4.74 Å². The monoisotopic (exact) mass is 590 g/mol. The highest BCUT2D eigenvalue weighted by atomic mass is 17.0. The minimum absolute atomic E-state index is 0.102. The van der Waals surface area contributed by atoms with Crippen LogP contribution in [0.4, 0.5) is 0 Å². The van der Waals surface area contributed by atoms with Crippen LogP contribution in [0.2, 0.25) is 0 Å². The number of ether oxygens (including phenoxy) is 6. The maximum absolute atomic E-state index is 12.3. The molecule has 0 spiro atoms. The summed E-state index contributed by atoms with van der Waals surface area (Å²) in [6.07, 6.45) is 0.504. The Morgan fingerprint density at radius 2 is 1.07 bits per heavy atom. The Kier molecular flexibility index (Phi) is 15.2. The van der Waals surface area contributed by atoms with Crippen molar-refractivity contribution < 1.29 is 77.0 Å². The zero-order valence-corrected chi connectivity index (χ0v) is 20.9. The Balaban J connectivity index is 2.34. The van der Waals surface area contributed by atoms with Crippen molar-refractivity contribution in [2.24, 2.45) is 0 Å². The Morgan fingerprint density at radius 1 is 0.585 bits per heavy atom. The third-order valence-corrected chi connectivity index (χ3v) is 3.99. The number of hydrogen-bond acceptors (Lipinski definition) is 18. The summed E-state index contributed by atoms with van der Waals surface area (Å²) in [6.45, 7) is -4.99. The van der Waals surface area contributed by atoms with E-state index in [4.69, 9.17) is 14.2 Å². The van der Waals surface area contributed by atoms with Crippen LogP contribution in [0.1, 0.15) is 23.2 Å². The number of rotatable bonds is 19. The summed E-state index contributed by atoms with van der Waals surface area (Å²) in [5, 5.41) is 17.8. The molecule has 0 fully saturated rings. The first-order valence-corrected chi connectivity index (χ1v) is 11.1. The number of esters is 6. The van der Waals surface area contributed by atoms with Crippen molar-refractivity contribution in [3.05, 3.63) is 50.1 Å². The molecule has 0 heterocycles. The van der Waals surface area contributed by atoms with E-state index in [-0.39, 0.29) is 37.4 Å². The number of para-hydroxylation sites is 1. The van der Waals surface area contributed by atoms with Gasteiger partial charge in [-0.1, -0.05) is 12.1 Å². The fourth-order valence-electron chi connectivity index (χ4n) is 2.30. The van der Waals surface area contributed by atoms with Gasteiger partial charge in [0.15, 0.2) is 33.0 Å². The summed E-state index contributed by atoms with van der Waals surface area (Å²) >= 11 is 0. The van der Waals surface area contributed by atoms with Crippen LogP contribution in [0.15, 0.2) is 24.3 Å². The average molecular weight is 590 g/mol. The van der Waals surface area contributed by atoms with Gasteiger partial charge in [-0.3, -0.25) is 0 Å². The average Bonchev–Trinajstić information content (AvgIpc) is 2.93. The van der Waals surface area contributed by atoms with Gasteiger partial charge in [0.05, 0.1) is 13.2 Å². The van der Waals surface area contributed by atoms with E-state index in [0.29, 0.717) is 0 Å². The third kappa shape index (κ3) is 16.1. The van der Waals surface area contributed by atoms with Gasteiger partial charge in [0.2, 0.25) is 0 Å². The number of carbonyl (C=O) groups excluding carboxylic acids is 6. The molecular weight excluding hydrogens is 568 g/mol. The van der Waals surface area contributed by atoms with E-state index in [0.717, 1.165) is 0 Å². The lowest BCUT2D eigenvalue weighted by molar-refractivity contribution is -0.757. The molecule has 0 radical (unpaired) electrons. The predicted octanol–water partition coefficient (Wildman–Crippen LogP) is -0.882. The van der Waals surface area contributed by atoms with E-state index in [1.54, 1.807) is 0 Å². The molecule has 0 aliphatic rings. The first-order valence-electron chi connectivity index (χ1n) is 11.1. The van der Waals surface area contributed by atoms with E-state index >= 15 is 0 Å². The van der Waals surface area contributed by atoms with Crippen LogP contribution >= 0.6 is 0 Å². The van der Waals surface area contributed by atoms with Gasteiger partial charge in [0.25, 0.3) is 10.2 Å². The lowest BCUT2D eigenvalue weighted by Crippen LogP contribution is -2.24. The van der Waals surface area contributed by atoms with Gasteiger partial charge >= 0.3 is 35.8 Å². The van der Waals surface area contributed by atoms with Gasteiger partial charge in [-0.25, -0.2) is 28.8 Å². The standard InChI is InChI=1S/C21H22N2O18/c24-16(34-7-3-4-8-39-22(30)31)9-35-17(25)10-36-18(26)11-38-21(29)14-5-1-2-6-15(14)41-20(28)12-37-19(27)13-40-23(32)33/h1-2,5-6H,3-4,7-13H2. The van der Waals surface area contributed by atoms with Crippen molar-refractivity contribution in [3.63, 3.8) is 0 Å². The molecule has 0 amide bonds. The smallest absolute Gasteiger partial charge is 0.349 e. The summed E-state index contributed by atoms with van der Waals surface area (Å²) in [5.74, 6) is -7.09. The summed E-state index contributed by atoms with van der Waals surface area (Å²) in [7, 11) is 0. The van der Waals surface area contributed by atoms with Gasteiger partial charge in [-0.05, 0) is 25.0 Å². The van der Waals surface area contributed by atoms with Crippen LogP contribution in [0.5, 0.6) is 5.75 Å². The molecule has 0 atom stereocenters. The second kappa shape index (κ2) is 18.7. The number of benzene rings is 1. The minimum Gasteiger partial charge on any atom is -0.463 e. The molecule has 0 aliphatic carbocycles. The Morgan fingerprint density at radius 3 is 1.68 bits per heavy atom. The molecule has 0 N–H and O–H groups in total. The molecule has 0 bridgehead atoms. The van der Waals surface area contributed by atoms with E-state index < -0.39 is 79.0 Å². The maximum atomic E-state index is 12.3. The van der Waals surface area contributed by atoms with Gasteiger partial charge < -0.3 is 38.1 Å². The molecule has 1 aromatic carbocycles. The Bertz CT molecular complexity index is 1120. The molecular formula is C21H22N2O18. The van der Waals surface area contributed by atoms with E-state index in [9.17, 15) is 49.0 Å². The topological polar surface area (TPSA) is 263 Å². The molecule has 0 aliphatic heterocycles. The normalized spacial score (nSPS) is 9.85. The lowest BCUT2D eigenvalue weighted by atomic mass is 10.2. The fourth-order valence-corrected chi connectivity index (χ4v) is 2.30. The molecule has 0 unspecified atom stereocenters. The first kappa shape index (κ1) is 33.5. The van der Waals surface area contributed by atoms with Crippen LogP contribution in [-0.2, 0) is 57.3 Å². The van der Waals surface area contributed by atoms with Gasteiger partial charge in [-0.2, -0.15) is 0 Å². The second-order valence-electron chi connectivity index (χ2n) is 7.01. The number of carbonyl (C=O) groups is 6. The predicted molar refractivity (Wildman–Crippen MR) is 121 cm³/mol. The van der Waals surface area contributed by atoms with Gasteiger partial charge in [0.1, 0.15) is 11.3 Å². The van der Waals surface area contributed by atoms with E-state index in [2.05, 4.69) is 23.9 Å². The molecule has 20 nitrogen and oxygen atoms in total. The summed E-state index contributed by atoms with van der Waals surface area (Å²) < 4.78 is 27.9. The molecule has 0 saturated heterocycles. The fraction of sp³-hybridized carbons (Fsp3) is 0.429. The highest BCUT2D eigenvalue weighted by molar-refractivity contribution is 5.94. The molecule has 0 saturated carbocycles. The second-order valence-corrected chi connectivity index (χ2v) is 7.01. The van der Waals surface area contributed by atoms with E-state index in [1.807, 2.05) is 0 Å². The maximum Gasteiger partial charge on any atom is 0.349 e. The van der Waals surface area contributed by atoms with Crippen molar-refractivity contribution in [2.45, 2.75) is 12.8 Å². The van der Waals surface area contributed by atoms with Crippen molar-refractivity contribution in [1.82, 2.24) is 0 Å². The Hall–Kier alpha value is -5.56. The Labute approximate surface area is 228 Å². The van der Waals surface area contributed by atoms with Crippen LogP contribution in [0.3, 0.4) is 0 Å². The highest BCUT2D eigenvalue weighted by Gasteiger charge is 2.20. The summed E-state index contributed by atoms with van der Waals surface area (Å²) in [4.78, 5) is 98.0. The van der Waals surface area contributed by atoms with Crippen molar-refractivity contribution in [3.8, 4) is 5.75 Å². The first-order chi connectivity index (χ1) is 19.5. The van der Waals surface area contributed by atoms with Crippen molar-refractivity contribution in [2.75, 3.05) is 46.2 Å². The lowest BCUT2D eigenvalue weighted by Gasteiger charge is -2.10. The molecule has 20 heteroatoms. The zero-order valence-electron chi connectivity index (χ0n) is 20.9. The van der Waals surface area contributed by atoms with Gasteiger partial charge in [-0.15, -0.1) is 20.2 Å². The van der Waals surface area contributed by atoms with Crippen molar-refractivity contribution >= 4 is 35.8 Å². The van der Waals surface area contributed by atoms with Crippen LogP contribution in [0.25, 0.3) is 0 Å². The highest BCUT2D eigenvalue weighted by Crippen LogP contribution is 2.19. The quantitative estimate of drug-likeness (QED) is 0.0472. The number of hydrogen-bond donors (Lipinski definition) is 0. The van der Waals surface area contributed by atoms with Gasteiger partial charge in [0, 0.05) is 0 Å². The molecule has 41 heavy (non-hydrogen) atoms. The third-order valence-electron chi connectivity index (χ3n) is 3.99. The minimum atomic E-state index is -1.24. The SMILES string of the molecule is O=C(COC(=O)COC(=O)COC(=O)c1ccccc1OC(=O)COC(=O)CO[N+](=O)[O-])OCCCCO[N+](=O)[O-]. The molecule has 1 aromatic rings. The largest absolute Gasteiger partial charge is 0.463 e.